The number of rotatable bonds is 5. The van der Waals surface area contributed by atoms with Gasteiger partial charge in [-0.15, -0.1) is 11.3 Å². The van der Waals surface area contributed by atoms with Gasteiger partial charge in [-0.3, -0.25) is 4.79 Å². The molecule has 1 fully saturated rings. The second kappa shape index (κ2) is 9.99. The third kappa shape index (κ3) is 5.00. The number of amides is 1. The number of thiophene rings is 1. The van der Waals surface area contributed by atoms with E-state index in [2.05, 4.69) is 34.0 Å². The lowest BCUT2D eigenvalue weighted by Crippen LogP contribution is -2.39. The summed E-state index contributed by atoms with van der Waals surface area (Å²) in [5.74, 6) is 1.08. The van der Waals surface area contributed by atoms with E-state index in [1.807, 2.05) is 6.07 Å². The van der Waals surface area contributed by atoms with Gasteiger partial charge in [0.2, 0.25) is 5.91 Å². The average molecular weight is 556 g/mol. The van der Waals surface area contributed by atoms with Gasteiger partial charge in [0, 0.05) is 41.2 Å². The number of carbonyl (C=O) groups excluding carboxylic acids is 1. The lowest BCUT2D eigenvalue weighted by molar-refractivity contribution is -0.113. The fraction of sp³-hybridized carbons (Fsp3) is 0.385. The smallest absolute Gasteiger partial charge is 0.234 e. The zero-order valence-corrected chi connectivity index (χ0v) is 22.9. The summed E-state index contributed by atoms with van der Waals surface area (Å²) in [6.07, 6.45) is 2.36. The van der Waals surface area contributed by atoms with Crippen LogP contribution in [0.5, 0.6) is 0 Å². The van der Waals surface area contributed by atoms with Crippen molar-refractivity contribution in [3.05, 3.63) is 46.7 Å². The van der Waals surface area contributed by atoms with Crippen molar-refractivity contribution in [3.8, 4) is 0 Å². The quantitative estimate of drug-likeness (QED) is 0.262. The normalized spacial score (nSPS) is 17.2. The van der Waals surface area contributed by atoms with Crippen LogP contribution in [0.3, 0.4) is 0 Å². The summed E-state index contributed by atoms with van der Waals surface area (Å²) in [7, 11) is 0. The maximum absolute atomic E-state index is 12.6. The Hall–Kier alpha value is -2.50. The molecule has 3 aromatic heterocycles. The van der Waals surface area contributed by atoms with Gasteiger partial charge in [-0.05, 0) is 37.6 Å². The molecule has 0 atom stereocenters. The summed E-state index contributed by atoms with van der Waals surface area (Å²) in [6, 6.07) is 7.12. The highest BCUT2D eigenvalue weighted by Gasteiger charge is 2.33. The van der Waals surface area contributed by atoms with Crippen molar-refractivity contribution in [2.75, 3.05) is 42.3 Å². The minimum atomic E-state index is -0.277. The van der Waals surface area contributed by atoms with E-state index < -0.39 is 0 Å². The van der Waals surface area contributed by atoms with Crippen LogP contribution in [0.15, 0.2) is 35.6 Å². The maximum Gasteiger partial charge on any atom is 0.234 e. The third-order valence-corrected chi connectivity index (χ3v) is 8.97. The van der Waals surface area contributed by atoms with Crippen molar-refractivity contribution >= 4 is 72.5 Å². The number of carbonyl (C=O) groups is 1. The molecule has 0 saturated carbocycles. The standard InChI is InChI=1S/C26H26ClN5O3S2/c1-26(2)11-17-18(12-35-26)23(32-6-8-34-9-7-32)31-24-20(17)21-22(37-24)25(29-14-28-21)36-13-19(33)30-16-5-3-4-15(27)10-16/h3-5,10,14H,6-9,11-13H2,1-2H3,(H,30,33). The summed E-state index contributed by atoms with van der Waals surface area (Å²) < 4.78 is 12.8. The Morgan fingerprint density at radius 3 is 2.89 bits per heavy atom. The topological polar surface area (TPSA) is 89.5 Å². The number of nitrogens with zero attached hydrogens (tertiary/aromatic N) is 4. The molecule has 4 aromatic rings. The molecule has 5 heterocycles. The zero-order chi connectivity index (χ0) is 25.6. The molecule has 1 amide bonds. The van der Waals surface area contributed by atoms with Crippen LogP contribution in [-0.4, -0.2) is 58.5 Å². The Kier molecular flexibility index (Phi) is 6.70. The first-order valence-corrected chi connectivity index (χ1v) is 14.3. The van der Waals surface area contributed by atoms with Gasteiger partial charge in [-0.25, -0.2) is 15.0 Å². The van der Waals surface area contributed by atoms with Gasteiger partial charge in [0.1, 0.15) is 22.0 Å². The molecular weight excluding hydrogens is 530 g/mol. The molecule has 0 bridgehead atoms. The van der Waals surface area contributed by atoms with Crippen LogP contribution in [0.2, 0.25) is 5.02 Å². The predicted octanol–water partition coefficient (Wildman–Crippen LogP) is 5.31. The summed E-state index contributed by atoms with van der Waals surface area (Å²) in [4.78, 5) is 30.2. The molecule has 11 heteroatoms. The molecule has 192 valence electrons. The summed E-state index contributed by atoms with van der Waals surface area (Å²) in [5, 5.41) is 5.33. The van der Waals surface area contributed by atoms with Crippen molar-refractivity contribution in [3.63, 3.8) is 0 Å². The lowest BCUT2D eigenvalue weighted by atomic mass is 9.90. The van der Waals surface area contributed by atoms with Crippen LogP contribution in [0.25, 0.3) is 20.4 Å². The van der Waals surface area contributed by atoms with Crippen molar-refractivity contribution in [2.24, 2.45) is 0 Å². The number of thioether (sulfide) groups is 1. The Morgan fingerprint density at radius 2 is 2.08 bits per heavy atom. The van der Waals surface area contributed by atoms with Crippen molar-refractivity contribution in [1.82, 2.24) is 15.0 Å². The molecular formula is C26H26ClN5O3S2. The van der Waals surface area contributed by atoms with E-state index in [4.69, 9.17) is 26.1 Å². The zero-order valence-electron chi connectivity index (χ0n) is 20.5. The number of hydrogen-bond acceptors (Lipinski definition) is 9. The second-order valence-corrected chi connectivity index (χ2v) is 12.1. The van der Waals surface area contributed by atoms with E-state index in [0.717, 1.165) is 56.4 Å². The molecule has 1 N–H and O–H groups in total. The van der Waals surface area contributed by atoms with Crippen LogP contribution in [0.1, 0.15) is 25.0 Å². The Morgan fingerprint density at radius 1 is 1.24 bits per heavy atom. The summed E-state index contributed by atoms with van der Waals surface area (Å²) >= 11 is 9.03. The predicted molar refractivity (Wildman–Crippen MR) is 149 cm³/mol. The first-order chi connectivity index (χ1) is 17.9. The fourth-order valence-electron chi connectivity index (χ4n) is 4.80. The number of benzene rings is 1. The van der Waals surface area contributed by atoms with E-state index in [9.17, 15) is 4.79 Å². The Labute approximate surface area is 227 Å². The highest BCUT2D eigenvalue weighted by Crippen LogP contribution is 2.44. The van der Waals surface area contributed by atoms with Gasteiger partial charge in [-0.2, -0.15) is 0 Å². The second-order valence-electron chi connectivity index (χ2n) is 9.70. The number of ether oxygens (including phenoxy) is 2. The van der Waals surface area contributed by atoms with Gasteiger partial charge in [0.25, 0.3) is 0 Å². The van der Waals surface area contributed by atoms with Crippen molar-refractivity contribution in [1.29, 1.82) is 0 Å². The molecule has 2 aliphatic heterocycles. The monoisotopic (exact) mass is 555 g/mol. The number of fused-ring (bicyclic) bond motifs is 5. The first-order valence-electron chi connectivity index (χ1n) is 12.1. The molecule has 0 radical (unpaired) electrons. The van der Waals surface area contributed by atoms with E-state index in [1.54, 1.807) is 35.9 Å². The SMILES string of the molecule is CC1(C)Cc2c(c(N3CCOCC3)nc3sc4c(SCC(=O)Nc5cccc(Cl)c5)ncnc4c23)CO1. The molecule has 37 heavy (non-hydrogen) atoms. The number of aromatic nitrogens is 3. The average Bonchev–Trinajstić information content (AvgIpc) is 3.26. The van der Waals surface area contributed by atoms with Crippen LogP contribution in [0, 0.1) is 0 Å². The molecule has 0 spiro atoms. The minimum Gasteiger partial charge on any atom is -0.378 e. The summed E-state index contributed by atoms with van der Waals surface area (Å²) in [6.45, 7) is 7.77. The Bertz CT molecular complexity index is 1500. The highest BCUT2D eigenvalue weighted by molar-refractivity contribution is 8.00. The molecule has 6 rings (SSSR count). The van der Waals surface area contributed by atoms with Gasteiger partial charge in [0.05, 0.1) is 41.4 Å². The molecule has 8 nitrogen and oxygen atoms in total. The lowest BCUT2D eigenvalue weighted by Gasteiger charge is -2.36. The van der Waals surface area contributed by atoms with Gasteiger partial charge in [-0.1, -0.05) is 29.4 Å². The number of halogens is 1. The number of anilines is 2. The van der Waals surface area contributed by atoms with Crippen molar-refractivity contribution < 1.29 is 14.3 Å². The molecule has 0 aliphatic carbocycles. The molecule has 1 aromatic carbocycles. The maximum atomic E-state index is 12.6. The van der Waals surface area contributed by atoms with E-state index in [0.29, 0.717) is 30.5 Å². The van der Waals surface area contributed by atoms with E-state index in [-0.39, 0.29) is 17.3 Å². The number of nitrogens with one attached hydrogen (secondary N) is 1. The van der Waals surface area contributed by atoms with E-state index in [1.165, 1.54) is 17.3 Å². The van der Waals surface area contributed by atoms with Crippen LogP contribution < -0.4 is 10.2 Å². The number of pyridine rings is 1. The Balaban J connectivity index is 1.37. The van der Waals surface area contributed by atoms with Crippen LogP contribution in [-0.2, 0) is 27.3 Å². The number of morpholine rings is 1. The van der Waals surface area contributed by atoms with Crippen LogP contribution >= 0.6 is 34.7 Å². The highest BCUT2D eigenvalue weighted by atomic mass is 35.5. The van der Waals surface area contributed by atoms with Gasteiger partial charge in [0.15, 0.2) is 0 Å². The summed E-state index contributed by atoms with van der Waals surface area (Å²) in [5.41, 5.74) is 3.68. The van der Waals surface area contributed by atoms with E-state index >= 15 is 0 Å². The first kappa shape index (κ1) is 24.8. The minimum absolute atomic E-state index is 0.121. The van der Waals surface area contributed by atoms with Crippen molar-refractivity contribution in [2.45, 2.75) is 37.5 Å². The number of hydrogen-bond donors (Lipinski definition) is 1. The fourth-order valence-corrected chi connectivity index (χ4v) is 7.03. The molecule has 1 saturated heterocycles. The molecule has 2 aliphatic rings. The molecule has 0 unspecified atom stereocenters. The largest absolute Gasteiger partial charge is 0.378 e. The van der Waals surface area contributed by atoms with Gasteiger partial charge < -0.3 is 19.7 Å². The van der Waals surface area contributed by atoms with Gasteiger partial charge >= 0.3 is 0 Å². The third-order valence-electron chi connectivity index (χ3n) is 6.53. The van der Waals surface area contributed by atoms with Crippen LogP contribution in [0.4, 0.5) is 11.5 Å².